The molecule has 1 heterocycles. The molecule has 0 radical (unpaired) electrons. The van der Waals surface area contributed by atoms with Crippen LogP contribution in [0.5, 0.6) is 5.75 Å². The molecule has 1 aliphatic rings. The van der Waals surface area contributed by atoms with Gasteiger partial charge >= 0.3 is 0 Å². The maximum atomic E-state index is 6.63. The number of rotatable bonds is 3. The average Bonchev–Trinajstić information content (AvgIpc) is 2.77. The summed E-state index contributed by atoms with van der Waals surface area (Å²) < 4.78 is 5.74. The molecule has 21 heavy (non-hydrogen) atoms. The fourth-order valence-corrected chi connectivity index (χ4v) is 3.10. The first-order chi connectivity index (χ1) is 9.95. The first-order valence-electron chi connectivity index (χ1n) is 7.42. The van der Waals surface area contributed by atoms with Crippen LogP contribution in [0.3, 0.4) is 0 Å². The van der Waals surface area contributed by atoms with Gasteiger partial charge < -0.3 is 4.74 Å². The molecular formula is C19H21ClO. The van der Waals surface area contributed by atoms with E-state index in [1.54, 1.807) is 0 Å². The van der Waals surface area contributed by atoms with E-state index in [1.807, 2.05) is 0 Å². The lowest BCUT2D eigenvalue weighted by atomic mass is 9.85. The second kappa shape index (κ2) is 5.38. The Morgan fingerprint density at radius 2 is 1.86 bits per heavy atom. The van der Waals surface area contributed by atoms with Crippen LogP contribution in [0, 0.1) is 6.92 Å². The van der Waals surface area contributed by atoms with Crippen LogP contribution in [-0.4, -0.2) is 6.61 Å². The van der Waals surface area contributed by atoms with Crippen molar-refractivity contribution in [2.24, 2.45) is 0 Å². The summed E-state index contributed by atoms with van der Waals surface area (Å²) >= 11 is 6.63. The van der Waals surface area contributed by atoms with E-state index in [2.05, 4.69) is 63.2 Å². The molecular weight excluding hydrogens is 280 g/mol. The van der Waals surface area contributed by atoms with Gasteiger partial charge in [0.05, 0.1) is 12.0 Å². The molecule has 0 N–H and O–H groups in total. The van der Waals surface area contributed by atoms with Crippen molar-refractivity contribution in [3.63, 3.8) is 0 Å². The molecule has 0 saturated heterocycles. The number of hydrogen-bond donors (Lipinski definition) is 0. The molecule has 0 aromatic heterocycles. The fraction of sp³-hybridized carbons (Fsp3) is 0.368. The highest BCUT2D eigenvalue weighted by Gasteiger charge is 2.32. The monoisotopic (exact) mass is 300 g/mol. The third kappa shape index (κ3) is 2.94. The Labute approximate surface area is 131 Å². The summed E-state index contributed by atoms with van der Waals surface area (Å²) in [5, 5.41) is -0.00518. The number of aryl methyl sites for hydroxylation is 1. The van der Waals surface area contributed by atoms with Crippen molar-refractivity contribution in [3.8, 4) is 5.75 Å². The van der Waals surface area contributed by atoms with Crippen molar-refractivity contribution in [2.75, 3.05) is 6.61 Å². The van der Waals surface area contributed by atoms with E-state index in [9.17, 15) is 0 Å². The minimum atomic E-state index is -0.00518. The number of alkyl halides is 1. The lowest BCUT2D eigenvalue weighted by molar-refractivity contribution is 0.291. The van der Waals surface area contributed by atoms with Gasteiger partial charge in [0.2, 0.25) is 0 Å². The number of hydrogen-bond acceptors (Lipinski definition) is 1. The quantitative estimate of drug-likeness (QED) is 0.709. The number of benzene rings is 2. The standard InChI is InChI=1S/C19H21ClO/c1-13-4-6-14(7-5-13)10-17(20)15-8-9-18-16(11-15)19(2,3)12-21-18/h4-9,11,17H,10,12H2,1-3H3. The zero-order chi connectivity index (χ0) is 15.0. The van der Waals surface area contributed by atoms with E-state index in [-0.39, 0.29) is 10.8 Å². The fourth-order valence-electron chi connectivity index (χ4n) is 2.78. The molecule has 1 atom stereocenters. The maximum absolute atomic E-state index is 6.63. The Bertz CT molecular complexity index is 643. The van der Waals surface area contributed by atoms with Crippen LogP contribution in [0.25, 0.3) is 0 Å². The molecule has 0 fully saturated rings. The first-order valence-corrected chi connectivity index (χ1v) is 7.86. The molecule has 0 spiro atoms. The van der Waals surface area contributed by atoms with Gasteiger partial charge in [-0.2, -0.15) is 0 Å². The Balaban J connectivity index is 1.82. The van der Waals surface area contributed by atoms with Crippen molar-refractivity contribution in [2.45, 2.75) is 38.0 Å². The summed E-state index contributed by atoms with van der Waals surface area (Å²) in [5.74, 6) is 1.00. The molecule has 2 aromatic carbocycles. The van der Waals surface area contributed by atoms with E-state index in [4.69, 9.17) is 16.3 Å². The molecule has 0 saturated carbocycles. The molecule has 1 unspecified atom stereocenters. The van der Waals surface area contributed by atoms with Crippen LogP contribution >= 0.6 is 11.6 Å². The van der Waals surface area contributed by atoms with E-state index in [0.29, 0.717) is 0 Å². The highest BCUT2D eigenvalue weighted by atomic mass is 35.5. The molecule has 110 valence electrons. The van der Waals surface area contributed by atoms with Crippen molar-refractivity contribution in [1.82, 2.24) is 0 Å². The molecule has 3 rings (SSSR count). The topological polar surface area (TPSA) is 9.23 Å². The number of ether oxygens (including phenoxy) is 1. The number of fused-ring (bicyclic) bond motifs is 1. The first kappa shape index (κ1) is 14.5. The predicted octanol–water partition coefficient (Wildman–Crippen LogP) is 5.19. The van der Waals surface area contributed by atoms with Gasteiger partial charge in [-0.3, -0.25) is 0 Å². The summed E-state index contributed by atoms with van der Waals surface area (Å²) in [6, 6.07) is 15.0. The Morgan fingerprint density at radius 1 is 1.14 bits per heavy atom. The van der Waals surface area contributed by atoms with Crippen LogP contribution in [0.4, 0.5) is 0 Å². The minimum absolute atomic E-state index is 0.00518. The molecule has 0 aliphatic carbocycles. The van der Waals surface area contributed by atoms with Gasteiger partial charge in [-0.25, -0.2) is 0 Å². The SMILES string of the molecule is Cc1ccc(CC(Cl)c2ccc3c(c2)C(C)(C)CO3)cc1. The smallest absolute Gasteiger partial charge is 0.123 e. The summed E-state index contributed by atoms with van der Waals surface area (Å²) in [7, 11) is 0. The average molecular weight is 301 g/mol. The van der Waals surface area contributed by atoms with Crippen LogP contribution in [0.1, 0.15) is 41.5 Å². The summed E-state index contributed by atoms with van der Waals surface area (Å²) in [6.45, 7) is 7.28. The molecule has 0 amide bonds. The van der Waals surface area contributed by atoms with E-state index >= 15 is 0 Å². The molecule has 0 bridgehead atoms. The largest absolute Gasteiger partial charge is 0.492 e. The van der Waals surface area contributed by atoms with Crippen LogP contribution in [-0.2, 0) is 11.8 Å². The highest BCUT2D eigenvalue weighted by Crippen LogP contribution is 2.40. The Hall–Kier alpha value is -1.47. The molecule has 1 nitrogen and oxygen atoms in total. The van der Waals surface area contributed by atoms with Gasteiger partial charge in [-0.15, -0.1) is 11.6 Å². The van der Waals surface area contributed by atoms with Gasteiger partial charge in [0, 0.05) is 11.0 Å². The van der Waals surface area contributed by atoms with Gasteiger partial charge in [0.1, 0.15) is 5.75 Å². The maximum Gasteiger partial charge on any atom is 0.123 e. The second-order valence-electron chi connectivity index (χ2n) is 6.59. The third-order valence-corrected chi connectivity index (χ3v) is 4.62. The summed E-state index contributed by atoms with van der Waals surface area (Å²) in [4.78, 5) is 0. The van der Waals surface area contributed by atoms with Crippen LogP contribution in [0.2, 0.25) is 0 Å². The minimum Gasteiger partial charge on any atom is -0.492 e. The van der Waals surface area contributed by atoms with Crippen LogP contribution in [0.15, 0.2) is 42.5 Å². The molecule has 2 aromatic rings. The van der Waals surface area contributed by atoms with Gasteiger partial charge in [0.15, 0.2) is 0 Å². The van der Waals surface area contributed by atoms with Crippen molar-refractivity contribution in [1.29, 1.82) is 0 Å². The Kier molecular flexibility index (Phi) is 3.71. The zero-order valence-electron chi connectivity index (χ0n) is 12.8. The number of halogens is 1. The lowest BCUT2D eigenvalue weighted by Crippen LogP contribution is -2.18. The second-order valence-corrected chi connectivity index (χ2v) is 7.11. The zero-order valence-corrected chi connectivity index (χ0v) is 13.6. The molecule has 1 aliphatic heterocycles. The van der Waals surface area contributed by atoms with E-state index in [1.165, 1.54) is 22.3 Å². The predicted molar refractivity (Wildman–Crippen MR) is 88.4 cm³/mol. The van der Waals surface area contributed by atoms with Crippen molar-refractivity contribution < 1.29 is 4.74 Å². The third-order valence-electron chi connectivity index (χ3n) is 4.22. The van der Waals surface area contributed by atoms with Crippen LogP contribution < -0.4 is 4.74 Å². The van der Waals surface area contributed by atoms with Gasteiger partial charge in [-0.05, 0) is 36.6 Å². The summed E-state index contributed by atoms with van der Waals surface area (Å²) in [5.41, 5.74) is 5.08. The van der Waals surface area contributed by atoms with Gasteiger partial charge in [0.25, 0.3) is 0 Å². The van der Waals surface area contributed by atoms with E-state index < -0.39 is 0 Å². The van der Waals surface area contributed by atoms with Crippen molar-refractivity contribution in [3.05, 3.63) is 64.7 Å². The highest BCUT2D eigenvalue weighted by molar-refractivity contribution is 6.20. The molecule has 2 heteroatoms. The van der Waals surface area contributed by atoms with Crippen molar-refractivity contribution >= 4 is 11.6 Å². The summed E-state index contributed by atoms with van der Waals surface area (Å²) in [6.07, 6.45) is 0.849. The normalized spacial score (nSPS) is 17.1. The van der Waals surface area contributed by atoms with Gasteiger partial charge in [-0.1, -0.05) is 49.7 Å². The Morgan fingerprint density at radius 3 is 2.57 bits per heavy atom. The van der Waals surface area contributed by atoms with E-state index in [0.717, 1.165) is 18.8 Å². The lowest BCUT2D eigenvalue weighted by Gasteiger charge is -2.17.